The molecule has 1 unspecified atom stereocenters. The summed E-state index contributed by atoms with van der Waals surface area (Å²) in [5.41, 5.74) is 1.94. The van der Waals surface area contributed by atoms with E-state index in [0.717, 1.165) is 24.1 Å². The molecule has 7 nitrogen and oxygen atoms in total. The van der Waals surface area contributed by atoms with E-state index in [4.69, 9.17) is 27.9 Å². The van der Waals surface area contributed by atoms with Crippen LogP contribution in [0.15, 0.2) is 18.3 Å². The standard InChI is InChI=1S/C23H27Cl2N3O4/c1-23(2,3)32-22(31)28-20-5-4-15(8-14(20)12-26-28)27-7-6-13(21(27)30)9-17-18(24)10-16(29)11-19(17)25/h10-13,15,29H,4-9H2,1-3H3/t13-,15?/m0/s1. The van der Waals surface area contributed by atoms with Crippen LogP contribution in [-0.2, 0) is 28.8 Å². The molecule has 0 saturated carbocycles. The highest BCUT2D eigenvalue weighted by Gasteiger charge is 2.38. The second-order valence-electron chi connectivity index (χ2n) is 9.51. The Morgan fingerprint density at radius 1 is 1.25 bits per heavy atom. The van der Waals surface area contributed by atoms with Gasteiger partial charge in [-0.3, -0.25) is 4.79 Å². The van der Waals surface area contributed by atoms with Crippen molar-refractivity contribution in [2.24, 2.45) is 5.92 Å². The second-order valence-corrected chi connectivity index (χ2v) is 10.3. The Morgan fingerprint density at radius 2 is 1.94 bits per heavy atom. The summed E-state index contributed by atoms with van der Waals surface area (Å²) in [5.74, 6) is -0.0910. The average molecular weight is 480 g/mol. The molecule has 2 heterocycles. The lowest BCUT2D eigenvalue weighted by atomic mass is 9.92. The van der Waals surface area contributed by atoms with Crippen molar-refractivity contribution < 1.29 is 19.4 Å². The maximum absolute atomic E-state index is 13.2. The van der Waals surface area contributed by atoms with E-state index in [1.807, 2.05) is 25.7 Å². The predicted octanol–water partition coefficient (Wildman–Crippen LogP) is 4.63. The normalized spacial score (nSPS) is 21.0. The van der Waals surface area contributed by atoms with Gasteiger partial charge < -0.3 is 14.7 Å². The molecule has 0 radical (unpaired) electrons. The topological polar surface area (TPSA) is 84.7 Å². The zero-order chi connectivity index (χ0) is 23.2. The maximum atomic E-state index is 13.2. The summed E-state index contributed by atoms with van der Waals surface area (Å²) < 4.78 is 6.80. The van der Waals surface area contributed by atoms with Crippen molar-refractivity contribution in [3.8, 4) is 5.75 Å². The van der Waals surface area contributed by atoms with Crippen molar-refractivity contribution in [1.29, 1.82) is 0 Å². The molecule has 1 fully saturated rings. The third-order valence-corrected chi connectivity index (χ3v) is 6.73. The Balaban J connectivity index is 1.44. The molecule has 2 aliphatic rings. The summed E-state index contributed by atoms with van der Waals surface area (Å²) in [6.07, 6.45) is 4.49. The Hall–Kier alpha value is -2.25. The highest BCUT2D eigenvalue weighted by molar-refractivity contribution is 6.36. The molecule has 9 heteroatoms. The van der Waals surface area contributed by atoms with Crippen molar-refractivity contribution in [2.45, 2.75) is 64.5 Å². The van der Waals surface area contributed by atoms with Crippen molar-refractivity contribution >= 4 is 35.2 Å². The number of hydrogen-bond acceptors (Lipinski definition) is 5. The number of halogens is 2. The maximum Gasteiger partial charge on any atom is 0.435 e. The van der Waals surface area contributed by atoms with Gasteiger partial charge in [0.2, 0.25) is 5.91 Å². The third-order valence-electron chi connectivity index (χ3n) is 6.06. The van der Waals surface area contributed by atoms with E-state index in [9.17, 15) is 14.7 Å². The van der Waals surface area contributed by atoms with Crippen LogP contribution >= 0.6 is 23.2 Å². The number of ether oxygens (including phenoxy) is 1. The number of amides is 1. The van der Waals surface area contributed by atoms with Gasteiger partial charge in [0.25, 0.3) is 0 Å². The first-order valence-corrected chi connectivity index (χ1v) is 11.6. The fraction of sp³-hybridized carbons (Fsp3) is 0.522. The minimum atomic E-state index is -0.590. The first-order valence-electron chi connectivity index (χ1n) is 10.8. The SMILES string of the molecule is CC(C)(C)OC(=O)n1ncc2c1CCC(N1CC[C@@H](Cc3c(Cl)cc(O)cc3Cl)C1=O)C2. The zero-order valence-electron chi connectivity index (χ0n) is 18.4. The van der Waals surface area contributed by atoms with Crippen molar-refractivity contribution in [2.75, 3.05) is 6.54 Å². The summed E-state index contributed by atoms with van der Waals surface area (Å²) in [6, 6.07) is 2.97. The molecule has 1 amide bonds. The van der Waals surface area contributed by atoms with Gasteiger partial charge in [-0.2, -0.15) is 9.78 Å². The van der Waals surface area contributed by atoms with Gasteiger partial charge in [0.05, 0.1) is 11.9 Å². The number of hydrogen-bond donors (Lipinski definition) is 1. The molecule has 1 aromatic heterocycles. The lowest BCUT2D eigenvalue weighted by Crippen LogP contribution is -2.41. The van der Waals surface area contributed by atoms with Gasteiger partial charge in [0.1, 0.15) is 11.4 Å². The molecule has 1 aliphatic heterocycles. The highest BCUT2D eigenvalue weighted by atomic mass is 35.5. The number of carbonyl (C=O) groups excluding carboxylic acids is 2. The van der Waals surface area contributed by atoms with E-state index in [2.05, 4.69) is 5.10 Å². The van der Waals surface area contributed by atoms with Gasteiger partial charge in [-0.15, -0.1) is 0 Å². The van der Waals surface area contributed by atoms with Crippen LogP contribution in [0.25, 0.3) is 0 Å². The van der Waals surface area contributed by atoms with Crippen LogP contribution in [0, 0.1) is 5.92 Å². The van der Waals surface area contributed by atoms with Crippen LogP contribution < -0.4 is 0 Å². The molecule has 2 atom stereocenters. The Kier molecular flexibility index (Phi) is 6.16. The third kappa shape index (κ3) is 4.59. The molecule has 1 N–H and O–H groups in total. The first-order chi connectivity index (χ1) is 15.0. The van der Waals surface area contributed by atoms with E-state index >= 15 is 0 Å². The Morgan fingerprint density at radius 3 is 2.59 bits per heavy atom. The minimum absolute atomic E-state index is 0.00747. The minimum Gasteiger partial charge on any atom is -0.508 e. The monoisotopic (exact) mass is 479 g/mol. The van der Waals surface area contributed by atoms with Crippen molar-refractivity contribution in [3.05, 3.63) is 45.2 Å². The van der Waals surface area contributed by atoms with Crippen LogP contribution in [0.5, 0.6) is 5.75 Å². The molecule has 0 bridgehead atoms. The number of fused-ring (bicyclic) bond motifs is 1. The largest absolute Gasteiger partial charge is 0.508 e. The molecule has 32 heavy (non-hydrogen) atoms. The lowest BCUT2D eigenvalue weighted by molar-refractivity contribution is -0.133. The number of phenols is 1. The van der Waals surface area contributed by atoms with Crippen LogP contribution in [-0.4, -0.2) is 50.0 Å². The summed E-state index contributed by atoms with van der Waals surface area (Å²) in [4.78, 5) is 27.6. The van der Waals surface area contributed by atoms with Gasteiger partial charge in [-0.1, -0.05) is 23.2 Å². The van der Waals surface area contributed by atoms with Gasteiger partial charge in [-0.05, 0) is 76.1 Å². The predicted molar refractivity (Wildman–Crippen MR) is 121 cm³/mol. The second kappa shape index (κ2) is 8.60. The molecule has 1 saturated heterocycles. The quantitative estimate of drug-likeness (QED) is 0.693. The van der Waals surface area contributed by atoms with Crippen LogP contribution in [0.2, 0.25) is 10.0 Å². The molecular weight excluding hydrogens is 453 g/mol. The molecule has 2 aromatic rings. The van der Waals surface area contributed by atoms with E-state index in [1.165, 1.54) is 16.8 Å². The molecule has 172 valence electrons. The Labute approximate surface area is 197 Å². The molecule has 1 aromatic carbocycles. The number of rotatable bonds is 3. The van der Waals surface area contributed by atoms with Crippen LogP contribution in [0.1, 0.15) is 50.4 Å². The number of aromatic nitrogens is 2. The van der Waals surface area contributed by atoms with Gasteiger partial charge in [-0.25, -0.2) is 4.79 Å². The van der Waals surface area contributed by atoms with Crippen LogP contribution in [0.4, 0.5) is 4.79 Å². The number of aromatic hydroxyl groups is 1. The van der Waals surface area contributed by atoms with Gasteiger partial charge >= 0.3 is 6.09 Å². The summed E-state index contributed by atoms with van der Waals surface area (Å²) in [6.45, 7) is 6.15. The fourth-order valence-electron chi connectivity index (χ4n) is 4.58. The lowest BCUT2D eigenvalue weighted by Gasteiger charge is -2.31. The van der Waals surface area contributed by atoms with Gasteiger partial charge in [0.15, 0.2) is 0 Å². The number of nitrogens with zero attached hydrogens (tertiary/aromatic N) is 3. The van der Waals surface area contributed by atoms with Crippen molar-refractivity contribution in [1.82, 2.24) is 14.7 Å². The smallest absolute Gasteiger partial charge is 0.435 e. The fourth-order valence-corrected chi connectivity index (χ4v) is 5.21. The molecule has 4 rings (SSSR count). The van der Waals surface area contributed by atoms with E-state index in [1.54, 1.807) is 6.20 Å². The highest BCUT2D eigenvalue weighted by Crippen LogP contribution is 2.35. The van der Waals surface area contributed by atoms with Crippen LogP contribution in [0.3, 0.4) is 0 Å². The average Bonchev–Trinajstić information content (AvgIpc) is 3.26. The Bertz CT molecular complexity index is 1040. The summed E-state index contributed by atoms with van der Waals surface area (Å²) in [7, 11) is 0. The number of benzene rings is 1. The van der Waals surface area contributed by atoms with E-state index < -0.39 is 11.7 Å². The molecule has 1 aliphatic carbocycles. The van der Waals surface area contributed by atoms with Gasteiger partial charge in [0, 0.05) is 28.5 Å². The zero-order valence-corrected chi connectivity index (χ0v) is 19.9. The van der Waals surface area contributed by atoms with Crippen molar-refractivity contribution in [3.63, 3.8) is 0 Å². The number of carbonyl (C=O) groups is 2. The number of likely N-dealkylation sites (tertiary alicyclic amines) is 1. The first kappa shape index (κ1) is 22.9. The molecular formula is C23H27Cl2N3O4. The summed E-state index contributed by atoms with van der Waals surface area (Å²) in [5, 5.41) is 14.6. The van der Waals surface area contributed by atoms with E-state index in [-0.39, 0.29) is 23.6 Å². The van der Waals surface area contributed by atoms with E-state index in [0.29, 0.717) is 41.4 Å². The number of phenolic OH excluding ortho intramolecular Hbond substituents is 1. The molecule has 0 spiro atoms. The summed E-state index contributed by atoms with van der Waals surface area (Å²) >= 11 is 12.5.